The van der Waals surface area contributed by atoms with Gasteiger partial charge in [0.2, 0.25) is 9.05 Å². The van der Waals surface area contributed by atoms with Crippen molar-refractivity contribution in [1.82, 2.24) is 5.16 Å². The number of aryl methyl sites for hydroxylation is 1. The summed E-state index contributed by atoms with van der Waals surface area (Å²) >= 11 is 0. The van der Waals surface area contributed by atoms with E-state index in [-0.39, 0.29) is 11.5 Å². The fourth-order valence-electron chi connectivity index (χ4n) is 0.760. The van der Waals surface area contributed by atoms with Crippen molar-refractivity contribution in [2.45, 2.75) is 19.1 Å². The molecule has 12 heavy (non-hydrogen) atoms. The molecule has 0 fully saturated rings. The van der Waals surface area contributed by atoms with Gasteiger partial charge in [-0.25, -0.2) is 8.42 Å². The molecular weight excluding hydrogens is 202 g/mol. The van der Waals surface area contributed by atoms with E-state index in [1.807, 2.05) is 6.92 Å². The van der Waals surface area contributed by atoms with E-state index in [0.717, 1.165) is 5.69 Å². The van der Waals surface area contributed by atoms with Gasteiger partial charge >= 0.3 is 0 Å². The zero-order valence-corrected chi connectivity index (χ0v) is 8.02. The van der Waals surface area contributed by atoms with Crippen LogP contribution in [0.15, 0.2) is 10.6 Å². The van der Waals surface area contributed by atoms with Crippen molar-refractivity contribution in [2.24, 2.45) is 0 Å². The van der Waals surface area contributed by atoms with Crippen LogP contribution in [-0.2, 0) is 21.2 Å². The highest BCUT2D eigenvalue weighted by Crippen LogP contribution is 2.11. The average Bonchev–Trinajstić information content (AvgIpc) is 2.32. The highest BCUT2D eigenvalue weighted by Gasteiger charge is 2.11. The highest BCUT2D eigenvalue weighted by atomic mass is 35.7. The van der Waals surface area contributed by atoms with Gasteiger partial charge in [0.05, 0.1) is 5.69 Å². The summed E-state index contributed by atoms with van der Waals surface area (Å²) in [5.41, 5.74) is 0.727. The third-order valence-electron chi connectivity index (χ3n) is 1.28. The van der Waals surface area contributed by atoms with Crippen molar-refractivity contribution in [3.8, 4) is 0 Å². The molecule has 6 heteroatoms. The van der Waals surface area contributed by atoms with Crippen LogP contribution in [0.1, 0.15) is 18.4 Å². The Kier molecular flexibility index (Phi) is 2.74. The zero-order valence-electron chi connectivity index (χ0n) is 6.45. The van der Waals surface area contributed by atoms with Crippen LogP contribution in [-0.4, -0.2) is 13.6 Å². The van der Waals surface area contributed by atoms with Gasteiger partial charge in [-0.3, -0.25) is 0 Å². The molecule has 0 N–H and O–H groups in total. The minimum Gasteiger partial charge on any atom is -0.360 e. The molecule has 68 valence electrons. The number of halogens is 1. The van der Waals surface area contributed by atoms with Crippen LogP contribution in [0.4, 0.5) is 0 Å². The van der Waals surface area contributed by atoms with Crippen LogP contribution < -0.4 is 0 Å². The minimum absolute atomic E-state index is 0.279. The number of aromatic nitrogens is 1. The first kappa shape index (κ1) is 9.54. The fraction of sp³-hybridized carbons (Fsp3) is 0.500. The Bertz CT molecular complexity index is 357. The van der Waals surface area contributed by atoms with Gasteiger partial charge in [-0.2, -0.15) is 0 Å². The number of hydrogen-bond donors (Lipinski definition) is 0. The Morgan fingerprint density at radius 2 is 2.33 bits per heavy atom. The lowest BCUT2D eigenvalue weighted by molar-refractivity contribution is 0.387. The normalized spacial score (nSPS) is 11.8. The smallest absolute Gasteiger partial charge is 0.239 e. The molecule has 0 aliphatic rings. The molecule has 0 aromatic carbocycles. The average molecular weight is 210 g/mol. The Hall–Kier alpha value is -0.550. The molecule has 1 heterocycles. The first-order valence-electron chi connectivity index (χ1n) is 3.38. The van der Waals surface area contributed by atoms with E-state index < -0.39 is 9.05 Å². The van der Waals surface area contributed by atoms with E-state index in [1.165, 1.54) is 0 Å². The minimum atomic E-state index is -3.53. The summed E-state index contributed by atoms with van der Waals surface area (Å²) in [7, 11) is 1.47. The predicted molar refractivity (Wildman–Crippen MR) is 44.4 cm³/mol. The second-order valence-corrected chi connectivity index (χ2v) is 5.10. The van der Waals surface area contributed by atoms with E-state index >= 15 is 0 Å². The molecule has 1 aromatic heterocycles. The number of hydrogen-bond acceptors (Lipinski definition) is 4. The summed E-state index contributed by atoms with van der Waals surface area (Å²) in [6.45, 7) is 1.90. The predicted octanol–water partition coefficient (Wildman–Crippen LogP) is 1.31. The Morgan fingerprint density at radius 1 is 1.67 bits per heavy atom. The number of nitrogens with zero attached hydrogens (tertiary/aromatic N) is 1. The fourth-order valence-corrected chi connectivity index (χ4v) is 1.56. The van der Waals surface area contributed by atoms with E-state index in [1.54, 1.807) is 6.07 Å². The van der Waals surface area contributed by atoms with E-state index in [2.05, 4.69) is 5.16 Å². The first-order valence-corrected chi connectivity index (χ1v) is 5.86. The number of rotatable bonds is 3. The van der Waals surface area contributed by atoms with Gasteiger partial charge < -0.3 is 4.52 Å². The van der Waals surface area contributed by atoms with Crippen molar-refractivity contribution in [2.75, 3.05) is 0 Å². The molecule has 0 amide bonds. The standard InChI is InChI=1S/C6H8ClNO3S/c1-2-5-3-6(11-8-5)4-12(7,9)10/h3H,2,4H2,1H3. The lowest BCUT2D eigenvalue weighted by Gasteiger charge is -1.86. The van der Waals surface area contributed by atoms with Crippen LogP contribution >= 0.6 is 10.7 Å². The summed E-state index contributed by atoms with van der Waals surface area (Å²) in [4.78, 5) is 0. The molecule has 0 saturated heterocycles. The van der Waals surface area contributed by atoms with E-state index in [9.17, 15) is 8.42 Å². The highest BCUT2D eigenvalue weighted by molar-refractivity contribution is 8.13. The van der Waals surface area contributed by atoms with Crippen LogP contribution in [0.5, 0.6) is 0 Å². The molecular formula is C6H8ClNO3S. The third-order valence-corrected chi connectivity index (χ3v) is 2.24. The molecule has 0 aliphatic heterocycles. The molecule has 0 unspecified atom stereocenters. The second-order valence-electron chi connectivity index (χ2n) is 2.32. The van der Waals surface area contributed by atoms with Gasteiger partial charge in [0.25, 0.3) is 0 Å². The summed E-state index contributed by atoms with van der Waals surface area (Å²) in [6, 6.07) is 1.58. The molecule has 0 aliphatic carbocycles. The molecule has 0 atom stereocenters. The zero-order chi connectivity index (χ0) is 9.19. The van der Waals surface area contributed by atoms with Crippen LogP contribution in [0.25, 0.3) is 0 Å². The Balaban J connectivity index is 2.78. The SMILES string of the molecule is CCc1cc(CS(=O)(=O)Cl)on1. The molecule has 4 nitrogen and oxygen atoms in total. The Labute approximate surface area is 74.9 Å². The van der Waals surface area contributed by atoms with Gasteiger partial charge in [0.1, 0.15) is 5.75 Å². The van der Waals surface area contributed by atoms with E-state index in [4.69, 9.17) is 15.2 Å². The third kappa shape index (κ3) is 2.83. The lowest BCUT2D eigenvalue weighted by atomic mass is 10.3. The van der Waals surface area contributed by atoms with Gasteiger partial charge in [-0.15, -0.1) is 0 Å². The molecule has 0 saturated carbocycles. The molecule has 0 spiro atoms. The second kappa shape index (κ2) is 3.45. The Morgan fingerprint density at radius 3 is 2.75 bits per heavy atom. The van der Waals surface area contributed by atoms with E-state index in [0.29, 0.717) is 6.42 Å². The van der Waals surface area contributed by atoms with Gasteiger partial charge in [0.15, 0.2) is 5.76 Å². The molecule has 0 bridgehead atoms. The maximum atomic E-state index is 10.6. The quantitative estimate of drug-likeness (QED) is 0.705. The molecule has 1 aromatic rings. The van der Waals surface area contributed by atoms with Crippen molar-refractivity contribution < 1.29 is 12.9 Å². The summed E-state index contributed by atoms with van der Waals surface area (Å²) in [6.07, 6.45) is 0.714. The van der Waals surface area contributed by atoms with Crippen molar-refractivity contribution in [3.63, 3.8) is 0 Å². The largest absolute Gasteiger partial charge is 0.360 e. The maximum Gasteiger partial charge on any atom is 0.239 e. The topological polar surface area (TPSA) is 60.2 Å². The summed E-state index contributed by atoms with van der Waals surface area (Å²) in [5, 5.41) is 3.62. The van der Waals surface area contributed by atoms with Crippen molar-refractivity contribution in [1.29, 1.82) is 0 Å². The van der Waals surface area contributed by atoms with Crippen LogP contribution in [0.3, 0.4) is 0 Å². The maximum absolute atomic E-state index is 10.6. The van der Waals surface area contributed by atoms with Crippen molar-refractivity contribution in [3.05, 3.63) is 17.5 Å². The van der Waals surface area contributed by atoms with Crippen LogP contribution in [0.2, 0.25) is 0 Å². The first-order chi connectivity index (χ1) is 5.51. The summed E-state index contributed by atoms with van der Waals surface area (Å²) < 4.78 is 25.9. The lowest BCUT2D eigenvalue weighted by Crippen LogP contribution is -1.92. The molecule has 1 rings (SSSR count). The molecule has 0 radical (unpaired) electrons. The van der Waals surface area contributed by atoms with Crippen LogP contribution in [0, 0.1) is 0 Å². The van der Waals surface area contributed by atoms with Gasteiger partial charge in [0, 0.05) is 16.7 Å². The van der Waals surface area contributed by atoms with Crippen molar-refractivity contribution >= 4 is 19.7 Å². The monoisotopic (exact) mass is 209 g/mol. The van der Waals surface area contributed by atoms with Gasteiger partial charge in [-0.1, -0.05) is 12.1 Å². The summed E-state index contributed by atoms with van der Waals surface area (Å²) in [5.74, 6) is -0.0245. The van der Waals surface area contributed by atoms with Gasteiger partial charge in [-0.05, 0) is 6.42 Å².